The predicted octanol–water partition coefficient (Wildman–Crippen LogP) is 0.477. The van der Waals surface area contributed by atoms with Crippen LogP contribution in [0, 0.1) is 0 Å². The molecule has 0 bridgehead atoms. The number of nitrogens with zero attached hydrogens (tertiary/aromatic N) is 3. The Morgan fingerprint density at radius 2 is 2.12 bits per heavy atom. The van der Waals surface area contributed by atoms with Crippen molar-refractivity contribution in [2.24, 2.45) is 0 Å². The Kier molecular flexibility index (Phi) is 2.77. The van der Waals surface area contributed by atoms with Gasteiger partial charge in [-0.05, 0) is 24.3 Å². The number of benzene rings is 1. The van der Waals surface area contributed by atoms with Crippen LogP contribution in [0.2, 0.25) is 0 Å². The zero-order chi connectivity index (χ0) is 11.4. The van der Waals surface area contributed by atoms with Gasteiger partial charge in [0.2, 0.25) is 5.82 Å². The molecule has 0 spiro atoms. The van der Waals surface area contributed by atoms with E-state index in [-0.39, 0.29) is 12.2 Å². The number of aromatic carboxylic acids is 1. The van der Waals surface area contributed by atoms with E-state index in [4.69, 9.17) is 9.84 Å². The summed E-state index contributed by atoms with van der Waals surface area (Å²) in [7, 11) is 0. The Balaban J connectivity index is 1.98. The van der Waals surface area contributed by atoms with E-state index in [0.29, 0.717) is 11.6 Å². The molecule has 1 heterocycles. The Morgan fingerprint density at radius 3 is 2.69 bits per heavy atom. The van der Waals surface area contributed by atoms with Crippen molar-refractivity contribution in [3.8, 4) is 5.75 Å². The van der Waals surface area contributed by atoms with Crippen LogP contribution in [0.1, 0.15) is 16.2 Å². The van der Waals surface area contributed by atoms with Gasteiger partial charge in [0.25, 0.3) is 0 Å². The van der Waals surface area contributed by atoms with Gasteiger partial charge >= 0.3 is 5.97 Å². The van der Waals surface area contributed by atoms with Crippen molar-refractivity contribution in [2.75, 3.05) is 0 Å². The second-order valence-electron chi connectivity index (χ2n) is 2.95. The second-order valence-corrected chi connectivity index (χ2v) is 2.95. The lowest BCUT2D eigenvalue weighted by molar-refractivity contribution is 0.0697. The minimum Gasteiger partial charge on any atom is -0.485 e. The van der Waals surface area contributed by atoms with Crippen LogP contribution < -0.4 is 4.74 Å². The smallest absolute Gasteiger partial charge is 0.335 e. The summed E-state index contributed by atoms with van der Waals surface area (Å²) in [6, 6.07) is 6.08. The summed E-state index contributed by atoms with van der Waals surface area (Å²) >= 11 is 0. The van der Waals surface area contributed by atoms with Gasteiger partial charge in [0.1, 0.15) is 5.75 Å². The highest BCUT2D eigenvalue weighted by atomic mass is 16.5. The van der Waals surface area contributed by atoms with E-state index in [2.05, 4.69) is 20.6 Å². The number of hydrogen-bond acceptors (Lipinski definition) is 5. The van der Waals surface area contributed by atoms with Crippen molar-refractivity contribution in [3.05, 3.63) is 35.7 Å². The molecular formula is C9H8N4O3. The molecule has 0 saturated carbocycles. The molecule has 2 rings (SSSR count). The van der Waals surface area contributed by atoms with Crippen molar-refractivity contribution in [1.29, 1.82) is 0 Å². The molecule has 0 aliphatic carbocycles. The Labute approximate surface area is 90.1 Å². The van der Waals surface area contributed by atoms with Crippen LogP contribution in [0.3, 0.4) is 0 Å². The van der Waals surface area contributed by atoms with Crippen molar-refractivity contribution >= 4 is 5.97 Å². The Hall–Kier alpha value is -2.44. The van der Waals surface area contributed by atoms with Gasteiger partial charge in [-0.15, -0.1) is 10.2 Å². The van der Waals surface area contributed by atoms with Gasteiger partial charge in [0.15, 0.2) is 6.61 Å². The number of nitrogens with one attached hydrogen (secondary N) is 1. The van der Waals surface area contributed by atoms with Crippen LogP contribution in [-0.2, 0) is 6.61 Å². The lowest BCUT2D eigenvalue weighted by atomic mass is 10.2. The standard InChI is InChI=1S/C9H8N4O3/c14-9(15)6-1-3-7(4-2-6)16-5-8-10-12-13-11-8/h1-4H,5H2,(H,14,15)(H,10,11,12,13). The maximum atomic E-state index is 10.6. The topological polar surface area (TPSA) is 101 Å². The monoisotopic (exact) mass is 220 g/mol. The fourth-order valence-corrected chi connectivity index (χ4v) is 1.09. The van der Waals surface area contributed by atoms with Crippen LogP contribution in [0.5, 0.6) is 5.75 Å². The SMILES string of the molecule is O=C(O)c1ccc(OCc2nn[nH]n2)cc1. The highest BCUT2D eigenvalue weighted by Gasteiger charge is 2.03. The first-order chi connectivity index (χ1) is 7.75. The van der Waals surface area contributed by atoms with Crippen LogP contribution in [0.25, 0.3) is 0 Å². The summed E-state index contributed by atoms with van der Waals surface area (Å²) in [5, 5.41) is 21.8. The average Bonchev–Trinajstić information content (AvgIpc) is 2.80. The lowest BCUT2D eigenvalue weighted by Crippen LogP contribution is -1.99. The van der Waals surface area contributed by atoms with E-state index < -0.39 is 5.97 Å². The molecule has 0 unspecified atom stereocenters. The van der Waals surface area contributed by atoms with Gasteiger partial charge in [-0.3, -0.25) is 0 Å². The predicted molar refractivity (Wildman–Crippen MR) is 51.9 cm³/mol. The maximum Gasteiger partial charge on any atom is 0.335 e. The summed E-state index contributed by atoms with van der Waals surface area (Å²) < 4.78 is 5.31. The fourth-order valence-electron chi connectivity index (χ4n) is 1.09. The van der Waals surface area contributed by atoms with Crippen molar-refractivity contribution in [2.45, 2.75) is 6.61 Å². The van der Waals surface area contributed by atoms with Crippen LogP contribution >= 0.6 is 0 Å². The molecule has 1 aromatic carbocycles. The second kappa shape index (κ2) is 4.39. The van der Waals surface area contributed by atoms with Gasteiger partial charge in [0.05, 0.1) is 5.56 Å². The Morgan fingerprint density at radius 1 is 1.38 bits per heavy atom. The number of rotatable bonds is 4. The zero-order valence-corrected chi connectivity index (χ0v) is 8.12. The number of hydrogen-bond donors (Lipinski definition) is 2. The normalized spacial score (nSPS) is 10.0. The average molecular weight is 220 g/mol. The molecular weight excluding hydrogens is 212 g/mol. The molecule has 0 aliphatic heterocycles. The first kappa shape index (κ1) is 10.1. The summed E-state index contributed by atoms with van der Waals surface area (Å²) in [5.41, 5.74) is 0.215. The Bertz CT molecular complexity index is 466. The molecule has 1 aromatic heterocycles. The third kappa shape index (κ3) is 2.32. The summed E-state index contributed by atoms with van der Waals surface area (Å²) in [6.07, 6.45) is 0. The van der Waals surface area contributed by atoms with E-state index in [0.717, 1.165) is 0 Å². The molecule has 0 saturated heterocycles. The van der Waals surface area contributed by atoms with Gasteiger partial charge in [-0.25, -0.2) is 4.79 Å². The van der Waals surface area contributed by atoms with Gasteiger partial charge in [0, 0.05) is 0 Å². The van der Waals surface area contributed by atoms with Crippen molar-refractivity contribution < 1.29 is 14.6 Å². The number of carbonyl (C=O) groups is 1. The molecule has 0 amide bonds. The molecule has 82 valence electrons. The minimum atomic E-state index is -0.968. The third-order valence-electron chi connectivity index (χ3n) is 1.86. The molecule has 16 heavy (non-hydrogen) atoms. The number of carboxylic acid groups (broad SMARTS) is 1. The zero-order valence-electron chi connectivity index (χ0n) is 8.12. The maximum absolute atomic E-state index is 10.6. The van der Waals surface area contributed by atoms with Crippen molar-refractivity contribution in [3.63, 3.8) is 0 Å². The largest absolute Gasteiger partial charge is 0.485 e. The van der Waals surface area contributed by atoms with E-state index in [1.165, 1.54) is 12.1 Å². The number of ether oxygens (including phenoxy) is 1. The van der Waals surface area contributed by atoms with Gasteiger partial charge in [-0.2, -0.15) is 5.21 Å². The van der Waals surface area contributed by atoms with Crippen LogP contribution in [0.4, 0.5) is 0 Å². The minimum absolute atomic E-state index is 0.183. The summed E-state index contributed by atoms with van der Waals surface area (Å²) in [4.78, 5) is 10.6. The molecule has 7 nitrogen and oxygen atoms in total. The molecule has 2 aromatic rings. The third-order valence-corrected chi connectivity index (χ3v) is 1.86. The summed E-state index contributed by atoms with van der Waals surface area (Å²) in [6.45, 7) is 0.183. The van der Waals surface area contributed by atoms with E-state index in [9.17, 15) is 4.79 Å². The quantitative estimate of drug-likeness (QED) is 0.776. The van der Waals surface area contributed by atoms with Crippen LogP contribution in [-0.4, -0.2) is 31.7 Å². The van der Waals surface area contributed by atoms with E-state index in [1.807, 2.05) is 0 Å². The summed E-state index contributed by atoms with van der Waals surface area (Å²) in [5.74, 6) is 0.0156. The van der Waals surface area contributed by atoms with Gasteiger partial charge in [-0.1, -0.05) is 5.21 Å². The molecule has 0 atom stereocenters. The number of carboxylic acids is 1. The van der Waals surface area contributed by atoms with Crippen molar-refractivity contribution in [1.82, 2.24) is 20.6 Å². The molecule has 7 heteroatoms. The highest BCUT2D eigenvalue weighted by molar-refractivity contribution is 5.87. The van der Waals surface area contributed by atoms with Gasteiger partial charge < -0.3 is 9.84 Å². The highest BCUT2D eigenvalue weighted by Crippen LogP contribution is 2.12. The fraction of sp³-hybridized carbons (Fsp3) is 0.111. The number of aromatic amines is 1. The number of tetrazole rings is 1. The molecule has 0 radical (unpaired) electrons. The first-order valence-electron chi connectivity index (χ1n) is 4.44. The molecule has 0 aliphatic rings. The molecule has 2 N–H and O–H groups in total. The van der Waals surface area contributed by atoms with Crippen LogP contribution in [0.15, 0.2) is 24.3 Å². The molecule has 0 fully saturated rings. The lowest BCUT2D eigenvalue weighted by Gasteiger charge is -2.02. The van der Waals surface area contributed by atoms with E-state index >= 15 is 0 Å². The number of aromatic nitrogens is 4. The van der Waals surface area contributed by atoms with E-state index in [1.54, 1.807) is 12.1 Å². The first-order valence-corrected chi connectivity index (χ1v) is 4.44. The number of H-pyrrole nitrogens is 1.